The van der Waals surface area contributed by atoms with Crippen LogP contribution in [0, 0.1) is 11.8 Å². The summed E-state index contributed by atoms with van der Waals surface area (Å²) in [4.78, 5) is 34.3. The number of hydrogen-bond acceptors (Lipinski definition) is 4. The molecule has 4 aromatic carbocycles. The van der Waals surface area contributed by atoms with Crippen molar-refractivity contribution in [2.24, 2.45) is 11.8 Å². The van der Waals surface area contributed by atoms with Crippen LogP contribution in [0.1, 0.15) is 179 Å². The average molecular weight is 946 g/mol. The Kier molecular flexibility index (Phi) is 55.5. The van der Waals surface area contributed by atoms with Crippen LogP contribution in [0.4, 0.5) is 11.6 Å². The number of benzene rings is 4. The minimum Gasteiger partial charge on any atom is -0.310 e. The van der Waals surface area contributed by atoms with Crippen molar-refractivity contribution in [3.05, 3.63) is 192 Å². The van der Waals surface area contributed by atoms with E-state index in [0.29, 0.717) is 23.5 Å². The predicted octanol–water partition coefficient (Wildman–Crippen LogP) is 19.0. The first-order valence-corrected chi connectivity index (χ1v) is 26.1. The van der Waals surface area contributed by atoms with Gasteiger partial charge in [-0.05, 0) is 84.0 Å². The Morgan fingerprint density at radius 2 is 0.623 bits per heavy atom. The van der Waals surface area contributed by atoms with Crippen molar-refractivity contribution >= 4 is 23.5 Å². The third-order valence-electron chi connectivity index (χ3n) is 9.00. The van der Waals surface area contributed by atoms with Crippen molar-refractivity contribution in [2.45, 2.75) is 170 Å². The van der Waals surface area contributed by atoms with E-state index < -0.39 is 0 Å². The van der Waals surface area contributed by atoms with Crippen LogP contribution in [0.3, 0.4) is 0 Å². The van der Waals surface area contributed by atoms with Crippen molar-refractivity contribution in [3.63, 3.8) is 0 Å². The highest BCUT2D eigenvalue weighted by molar-refractivity contribution is 5.95. The molecule has 0 aliphatic heterocycles. The number of pyridine rings is 2. The normalized spacial score (nSPS) is 10.5. The fourth-order valence-electron chi connectivity index (χ4n) is 6.46. The molecule has 0 spiro atoms. The number of aromatic nitrogens is 2. The van der Waals surface area contributed by atoms with Gasteiger partial charge in [0.1, 0.15) is 11.6 Å². The van der Waals surface area contributed by atoms with E-state index in [4.69, 9.17) is 0 Å². The van der Waals surface area contributed by atoms with Crippen LogP contribution in [0.5, 0.6) is 0 Å². The third-order valence-corrected chi connectivity index (χ3v) is 9.00. The summed E-state index contributed by atoms with van der Waals surface area (Å²) in [6, 6.07) is 51.9. The molecule has 6 heteroatoms. The number of nitrogens with one attached hydrogen (secondary N) is 2. The zero-order valence-electron chi connectivity index (χ0n) is 46.0. The van der Waals surface area contributed by atoms with E-state index in [0.717, 1.165) is 36.8 Å². The first-order chi connectivity index (χ1) is 33.4. The molecule has 0 saturated heterocycles. The van der Waals surface area contributed by atoms with Crippen LogP contribution in [0.2, 0.25) is 0 Å². The number of carbonyl (C=O) groups excluding carboxylic acids is 2. The molecular formula is C63H100N4O2. The smallest absolute Gasteiger partial charge is 0.233 e. The van der Waals surface area contributed by atoms with E-state index in [1.165, 1.54) is 11.1 Å². The maximum Gasteiger partial charge on any atom is 0.233 e. The Labute approximate surface area is 425 Å². The Balaban J connectivity index is -0.000000303. The van der Waals surface area contributed by atoms with E-state index in [9.17, 15) is 9.59 Å². The van der Waals surface area contributed by atoms with E-state index in [2.05, 4.69) is 83.0 Å². The van der Waals surface area contributed by atoms with Crippen LogP contribution in [0.25, 0.3) is 0 Å². The van der Waals surface area contributed by atoms with Gasteiger partial charge in [-0.15, -0.1) is 0 Å². The van der Waals surface area contributed by atoms with Gasteiger partial charge in [-0.2, -0.15) is 0 Å². The fourth-order valence-corrected chi connectivity index (χ4v) is 6.46. The highest BCUT2D eigenvalue weighted by Gasteiger charge is 2.25. The summed E-state index contributed by atoms with van der Waals surface area (Å²) in [5.41, 5.74) is 4.69. The number of hydrogen-bond donors (Lipinski definition) is 2. The van der Waals surface area contributed by atoms with Crippen LogP contribution < -0.4 is 10.6 Å². The van der Waals surface area contributed by atoms with Crippen molar-refractivity contribution < 1.29 is 9.59 Å². The van der Waals surface area contributed by atoms with Gasteiger partial charge in [-0.3, -0.25) is 9.59 Å². The molecule has 0 radical (unpaired) electrons. The molecular weight excluding hydrogens is 845 g/mol. The van der Waals surface area contributed by atoms with Crippen molar-refractivity contribution in [3.8, 4) is 0 Å². The molecule has 69 heavy (non-hydrogen) atoms. The van der Waals surface area contributed by atoms with Gasteiger partial charge in [0.05, 0.1) is 11.8 Å². The molecule has 6 aromatic rings. The molecule has 2 amide bonds. The van der Waals surface area contributed by atoms with Crippen LogP contribution in [0.15, 0.2) is 170 Å². The maximum atomic E-state index is 12.9. The minimum absolute atomic E-state index is 0. The SMILES string of the molecule is C.CC.CC.CC.CC.CC.CC.CC.CC.CC(Cc1ccccc1)C[C@@H](C(=O)Nc1ccccn1)c1ccccc1.CC(Cc1ccccc1)C[C@H](C(=O)Nc1ccccn1)c1ccccc1. The molecule has 0 saturated carbocycles. The van der Waals surface area contributed by atoms with E-state index in [1.807, 2.05) is 220 Å². The van der Waals surface area contributed by atoms with Crippen molar-refractivity contribution in [2.75, 3.05) is 10.6 Å². The summed E-state index contributed by atoms with van der Waals surface area (Å²) in [5.74, 6) is 1.55. The number of carbonyl (C=O) groups is 2. The number of nitrogens with zero attached hydrogens (tertiary/aromatic N) is 2. The fraction of sp³-hybridized carbons (Fsp3) is 0.429. The lowest BCUT2D eigenvalue weighted by Crippen LogP contribution is -2.24. The highest BCUT2D eigenvalue weighted by atomic mass is 16.2. The standard InChI is InChI=1S/2C23H24N2O.8C2H6.CH4/c2*1-18(16-19-10-4-2-5-11-19)17-21(20-12-6-3-7-13-20)23(26)25-22-14-8-9-15-24-22;8*1-2;/h2*2-15,18,21H,16-17H2,1H3,(H,24,25,26);8*1-2H3;1H4/t2*18?,21-;;;;;;;;;/m10........./s1. The average Bonchev–Trinajstić information content (AvgIpc) is 3.43. The minimum atomic E-state index is -0.197. The van der Waals surface area contributed by atoms with Gasteiger partial charge in [0.2, 0.25) is 11.8 Å². The Hall–Kier alpha value is -5.88. The summed E-state index contributed by atoms with van der Waals surface area (Å²) in [7, 11) is 0. The maximum absolute atomic E-state index is 12.9. The lowest BCUT2D eigenvalue weighted by Gasteiger charge is -2.21. The lowest BCUT2D eigenvalue weighted by atomic mass is 9.86. The number of amides is 2. The van der Waals surface area contributed by atoms with Crippen LogP contribution in [-0.4, -0.2) is 21.8 Å². The molecule has 0 aliphatic carbocycles. The molecule has 384 valence electrons. The molecule has 0 bridgehead atoms. The summed E-state index contributed by atoms with van der Waals surface area (Å²) in [6.45, 7) is 36.4. The summed E-state index contributed by atoms with van der Waals surface area (Å²) >= 11 is 0. The lowest BCUT2D eigenvalue weighted by molar-refractivity contribution is -0.118. The van der Waals surface area contributed by atoms with E-state index in [1.54, 1.807) is 12.4 Å². The molecule has 6 rings (SSSR count). The molecule has 6 nitrogen and oxygen atoms in total. The van der Waals surface area contributed by atoms with E-state index >= 15 is 0 Å². The second kappa shape index (κ2) is 53.1. The zero-order valence-corrected chi connectivity index (χ0v) is 46.0. The van der Waals surface area contributed by atoms with Gasteiger partial charge in [0.15, 0.2) is 0 Å². The third kappa shape index (κ3) is 33.3. The van der Waals surface area contributed by atoms with Crippen molar-refractivity contribution in [1.29, 1.82) is 0 Å². The van der Waals surface area contributed by atoms with Gasteiger partial charge in [-0.1, -0.05) is 266 Å². The van der Waals surface area contributed by atoms with Gasteiger partial charge >= 0.3 is 0 Å². The first-order valence-electron chi connectivity index (χ1n) is 26.1. The molecule has 2 aromatic heterocycles. The Bertz CT molecular complexity index is 1750. The monoisotopic (exact) mass is 945 g/mol. The topological polar surface area (TPSA) is 84.0 Å². The zero-order chi connectivity index (χ0) is 52.4. The van der Waals surface area contributed by atoms with Gasteiger partial charge in [0, 0.05) is 12.4 Å². The summed E-state index contributed by atoms with van der Waals surface area (Å²) in [5, 5.41) is 5.92. The molecule has 0 aliphatic rings. The summed E-state index contributed by atoms with van der Waals surface area (Å²) < 4.78 is 0. The molecule has 4 atom stereocenters. The predicted molar refractivity (Wildman–Crippen MR) is 309 cm³/mol. The number of rotatable bonds is 14. The first kappa shape index (κ1) is 72.1. The van der Waals surface area contributed by atoms with Gasteiger partial charge < -0.3 is 10.6 Å². The molecule has 2 N–H and O–H groups in total. The molecule has 2 unspecified atom stereocenters. The Morgan fingerprint density at radius 1 is 0.377 bits per heavy atom. The highest BCUT2D eigenvalue weighted by Crippen LogP contribution is 2.29. The number of anilines is 2. The Morgan fingerprint density at radius 3 is 0.870 bits per heavy atom. The van der Waals surface area contributed by atoms with Crippen LogP contribution in [-0.2, 0) is 22.4 Å². The van der Waals surface area contributed by atoms with Crippen LogP contribution >= 0.6 is 0 Å². The van der Waals surface area contributed by atoms with Gasteiger partial charge in [0.25, 0.3) is 0 Å². The summed E-state index contributed by atoms with van der Waals surface area (Å²) in [6.07, 6.45) is 6.87. The second-order valence-electron chi connectivity index (χ2n) is 13.4. The second-order valence-corrected chi connectivity index (χ2v) is 13.4. The van der Waals surface area contributed by atoms with Crippen molar-refractivity contribution in [1.82, 2.24) is 9.97 Å². The van der Waals surface area contributed by atoms with Gasteiger partial charge in [-0.25, -0.2) is 9.97 Å². The molecule has 2 heterocycles. The largest absolute Gasteiger partial charge is 0.310 e. The van der Waals surface area contributed by atoms with E-state index in [-0.39, 0.29) is 31.1 Å². The quantitative estimate of drug-likeness (QED) is 0.114. The molecule has 0 fully saturated rings.